The summed E-state index contributed by atoms with van der Waals surface area (Å²) in [5.41, 5.74) is 0.0149. The number of hydrogen-bond donors (Lipinski definition) is 1. The maximum Gasteiger partial charge on any atom is 0.373 e. The van der Waals surface area contributed by atoms with Crippen LogP contribution in [-0.2, 0) is 16.3 Å². The van der Waals surface area contributed by atoms with Crippen LogP contribution in [0.5, 0.6) is 0 Å². The molecule has 0 radical (unpaired) electrons. The number of nitrogens with zero attached hydrogens (tertiary/aromatic N) is 3. The van der Waals surface area contributed by atoms with Gasteiger partial charge in [0.1, 0.15) is 11.4 Å². The van der Waals surface area contributed by atoms with Crippen molar-refractivity contribution in [2.45, 2.75) is 39.8 Å². The number of nitrogens with one attached hydrogen (secondary N) is 1. The van der Waals surface area contributed by atoms with E-state index in [0.29, 0.717) is 11.3 Å². The Bertz CT molecular complexity index is 1410. The van der Waals surface area contributed by atoms with Crippen molar-refractivity contribution in [3.8, 4) is 11.3 Å². The molecule has 0 saturated carbocycles. The number of rotatable bonds is 8. The van der Waals surface area contributed by atoms with Gasteiger partial charge in [0, 0.05) is 24.8 Å². The molecule has 0 aliphatic carbocycles. The van der Waals surface area contributed by atoms with Crippen molar-refractivity contribution in [2.24, 2.45) is 0 Å². The minimum absolute atomic E-state index is 0.0122. The first kappa shape index (κ1) is 24.6. The Morgan fingerprint density at radius 1 is 1.11 bits per heavy atom. The van der Waals surface area contributed by atoms with Crippen LogP contribution in [0.1, 0.15) is 64.9 Å². The number of ketones is 1. The highest BCUT2D eigenvalue weighted by Gasteiger charge is 2.22. The molecule has 0 fully saturated rings. The van der Waals surface area contributed by atoms with Gasteiger partial charge in [-0.25, -0.2) is 9.78 Å². The Hall–Kier alpha value is -4.51. The van der Waals surface area contributed by atoms with E-state index < -0.39 is 17.5 Å². The summed E-state index contributed by atoms with van der Waals surface area (Å²) in [6.45, 7) is 6.95. The number of carbonyl (C=O) groups excluding carboxylic acids is 3. The molecule has 4 aromatic rings. The molecule has 11 nitrogen and oxygen atoms in total. The van der Waals surface area contributed by atoms with E-state index in [0.717, 1.165) is 6.39 Å². The zero-order valence-corrected chi connectivity index (χ0v) is 20.1. The van der Waals surface area contributed by atoms with Gasteiger partial charge in [0.05, 0.1) is 12.1 Å². The lowest BCUT2D eigenvalue weighted by molar-refractivity contribution is -0.301. The molecule has 11 heteroatoms. The SMILES string of the molecule is CC(=O)c1ccc(Cn2ccc(NC(=O)c3ncoc3-c3cccc(C(=O)OOC(C)(C)C)c3)n2)o1. The molecule has 0 bridgehead atoms. The van der Waals surface area contributed by atoms with Gasteiger partial charge in [0.25, 0.3) is 5.91 Å². The lowest BCUT2D eigenvalue weighted by Crippen LogP contribution is -2.21. The number of benzene rings is 1. The zero-order valence-electron chi connectivity index (χ0n) is 20.1. The highest BCUT2D eigenvalue weighted by Crippen LogP contribution is 2.25. The Morgan fingerprint density at radius 3 is 2.64 bits per heavy atom. The minimum atomic E-state index is -0.685. The quantitative estimate of drug-likeness (QED) is 0.214. The largest absolute Gasteiger partial charge is 0.456 e. The second-order valence-electron chi connectivity index (χ2n) is 8.85. The fourth-order valence-corrected chi connectivity index (χ4v) is 3.11. The maximum absolute atomic E-state index is 12.9. The molecule has 1 aromatic carbocycles. The standard InChI is InChI=1S/C25H24N4O7/c1-15(30)19-9-8-18(34-19)13-29-11-10-20(28-29)27-23(31)21-22(33-14-26-21)16-6-5-7-17(12-16)24(32)35-36-25(2,3)4/h5-12,14H,13H2,1-4H3,(H,27,28,31). The Morgan fingerprint density at radius 2 is 1.92 bits per heavy atom. The van der Waals surface area contributed by atoms with Crippen molar-refractivity contribution in [1.29, 1.82) is 0 Å². The third-order valence-corrected chi connectivity index (χ3v) is 4.72. The van der Waals surface area contributed by atoms with Crippen LogP contribution in [0.4, 0.5) is 5.82 Å². The minimum Gasteiger partial charge on any atom is -0.456 e. The second kappa shape index (κ2) is 10.0. The molecule has 0 unspecified atom stereocenters. The smallest absolute Gasteiger partial charge is 0.373 e. The number of oxazole rings is 1. The van der Waals surface area contributed by atoms with Gasteiger partial charge in [-0.05, 0) is 45.0 Å². The number of aromatic nitrogens is 3. The van der Waals surface area contributed by atoms with E-state index in [9.17, 15) is 14.4 Å². The van der Waals surface area contributed by atoms with Gasteiger partial charge < -0.3 is 14.2 Å². The fourth-order valence-electron chi connectivity index (χ4n) is 3.11. The van der Waals surface area contributed by atoms with Gasteiger partial charge in [0.2, 0.25) is 0 Å². The number of anilines is 1. The van der Waals surface area contributed by atoms with Crippen molar-refractivity contribution < 1.29 is 33.0 Å². The summed E-state index contributed by atoms with van der Waals surface area (Å²) in [5.74, 6) is -0.136. The van der Waals surface area contributed by atoms with E-state index >= 15 is 0 Å². The van der Waals surface area contributed by atoms with Crippen molar-refractivity contribution in [3.63, 3.8) is 0 Å². The van der Waals surface area contributed by atoms with Crippen LogP contribution in [-0.4, -0.2) is 38.0 Å². The maximum atomic E-state index is 12.9. The monoisotopic (exact) mass is 492 g/mol. The number of amides is 1. The Balaban J connectivity index is 1.45. The summed E-state index contributed by atoms with van der Waals surface area (Å²) < 4.78 is 12.5. The molecule has 0 atom stereocenters. The van der Waals surface area contributed by atoms with Crippen molar-refractivity contribution in [1.82, 2.24) is 14.8 Å². The summed E-state index contributed by atoms with van der Waals surface area (Å²) in [5, 5.41) is 6.96. The van der Waals surface area contributed by atoms with E-state index in [1.165, 1.54) is 13.0 Å². The predicted molar refractivity (Wildman–Crippen MR) is 126 cm³/mol. The Labute approximate surface area is 205 Å². The molecular weight excluding hydrogens is 468 g/mol. The number of hydrogen-bond acceptors (Lipinski definition) is 9. The molecule has 3 heterocycles. The molecule has 3 aromatic heterocycles. The first-order chi connectivity index (χ1) is 17.1. The first-order valence-corrected chi connectivity index (χ1v) is 11.0. The molecule has 1 N–H and O–H groups in total. The molecular formula is C25H24N4O7. The average Bonchev–Trinajstić information content (AvgIpc) is 3.58. The van der Waals surface area contributed by atoms with E-state index in [1.54, 1.807) is 68.0 Å². The van der Waals surface area contributed by atoms with Gasteiger partial charge in [-0.3, -0.25) is 19.2 Å². The van der Waals surface area contributed by atoms with Crippen LogP contribution in [0.2, 0.25) is 0 Å². The molecule has 0 aliphatic heterocycles. The van der Waals surface area contributed by atoms with Gasteiger partial charge in [-0.1, -0.05) is 12.1 Å². The highest BCUT2D eigenvalue weighted by molar-refractivity contribution is 6.06. The summed E-state index contributed by atoms with van der Waals surface area (Å²) >= 11 is 0. The van der Waals surface area contributed by atoms with E-state index in [1.807, 2.05) is 0 Å². The van der Waals surface area contributed by atoms with Crippen LogP contribution in [0.3, 0.4) is 0 Å². The number of carbonyl (C=O) groups is 3. The van der Waals surface area contributed by atoms with E-state index in [-0.39, 0.29) is 40.9 Å². The molecule has 186 valence electrons. The third kappa shape index (κ3) is 5.94. The van der Waals surface area contributed by atoms with Gasteiger partial charge in [-0.15, -0.1) is 0 Å². The van der Waals surface area contributed by atoms with Crippen LogP contribution >= 0.6 is 0 Å². The summed E-state index contributed by atoms with van der Waals surface area (Å²) in [4.78, 5) is 50.6. The zero-order chi connectivity index (χ0) is 25.9. The van der Waals surface area contributed by atoms with Gasteiger partial charge >= 0.3 is 5.97 Å². The molecule has 0 spiro atoms. The van der Waals surface area contributed by atoms with E-state index in [2.05, 4.69) is 15.4 Å². The summed E-state index contributed by atoms with van der Waals surface area (Å²) in [7, 11) is 0. The predicted octanol–water partition coefficient (Wildman–Crippen LogP) is 4.52. The molecule has 1 amide bonds. The van der Waals surface area contributed by atoms with Crippen LogP contribution in [0.15, 0.2) is 63.9 Å². The average molecular weight is 492 g/mol. The highest BCUT2D eigenvalue weighted by atomic mass is 17.2. The third-order valence-electron chi connectivity index (χ3n) is 4.72. The molecule has 0 aliphatic rings. The summed E-state index contributed by atoms with van der Waals surface area (Å²) in [6, 6.07) is 11.3. The number of Topliss-reactive ketones (excluding diaryl/α,β-unsaturated/α-hetero) is 1. The number of furan rings is 1. The van der Waals surface area contributed by atoms with Gasteiger partial charge in [-0.2, -0.15) is 9.99 Å². The topological polar surface area (TPSA) is 139 Å². The molecule has 36 heavy (non-hydrogen) atoms. The van der Waals surface area contributed by atoms with Crippen molar-refractivity contribution in [3.05, 3.63) is 77.8 Å². The summed E-state index contributed by atoms with van der Waals surface area (Å²) in [6.07, 6.45) is 2.80. The first-order valence-electron chi connectivity index (χ1n) is 11.0. The van der Waals surface area contributed by atoms with E-state index in [4.69, 9.17) is 18.6 Å². The Kier molecular flexibility index (Phi) is 6.84. The fraction of sp³-hybridized carbons (Fsp3) is 0.240. The van der Waals surface area contributed by atoms with Gasteiger partial charge in [0.15, 0.2) is 35.2 Å². The normalized spacial score (nSPS) is 11.3. The van der Waals surface area contributed by atoms with Crippen molar-refractivity contribution in [2.75, 3.05) is 5.32 Å². The van der Waals surface area contributed by atoms with Crippen molar-refractivity contribution >= 4 is 23.5 Å². The van der Waals surface area contributed by atoms with Crippen LogP contribution in [0, 0.1) is 0 Å². The lowest BCUT2D eigenvalue weighted by atomic mass is 10.1. The van der Waals surface area contributed by atoms with Crippen LogP contribution in [0.25, 0.3) is 11.3 Å². The molecule has 4 rings (SSSR count). The van der Waals surface area contributed by atoms with Crippen LogP contribution < -0.4 is 5.32 Å². The lowest BCUT2D eigenvalue weighted by Gasteiger charge is -2.16. The second-order valence-corrected chi connectivity index (χ2v) is 8.85. The molecule has 0 saturated heterocycles.